The van der Waals surface area contributed by atoms with Crippen LogP contribution in [0.1, 0.15) is 27.0 Å². The third kappa shape index (κ3) is 4.66. The second-order valence-electron chi connectivity index (χ2n) is 7.46. The number of aromatic nitrogens is 1. The smallest absolute Gasteiger partial charge is 0.261 e. The first kappa shape index (κ1) is 21.0. The normalized spacial score (nSPS) is 10.5. The lowest BCUT2D eigenvalue weighted by molar-refractivity contribution is -0.116. The molecule has 0 radical (unpaired) electrons. The number of nitrogens with one attached hydrogen (secondary N) is 2. The van der Waals surface area contributed by atoms with Gasteiger partial charge < -0.3 is 15.2 Å². The van der Waals surface area contributed by atoms with Crippen molar-refractivity contribution in [2.45, 2.75) is 20.8 Å². The Hall–Kier alpha value is -3.67. The van der Waals surface area contributed by atoms with Crippen molar-refractivity contribution in [2.24, 2.45) is 0 Å². The first-order chi connectivity index (χ1) is 14.3. The van der Waals surface area contributed by atoms with Crippen LogP contribution in [0, 0.1) is 20.8 Å². The third-order valence-electron chi connectivity index (χ3n) is 4.94. The fourth-order valence-electron chi connectivity index (χ4n) is 3.31. The highest BCUT2D eigenvalue weighted by Gasteiger charge is 2.19. The highest BCUT2D eigenvalue weighted by Crippen LogP contribution is 2.19. The Labute approximate surface area is 175 Å². The molecule has 154 valence electrons. The van der Waals surface area contributed by atoms with Gasteiger partial charge in [0.25, 0.3) is 11.5 Å². The number of likely N-dealkylation sites (N-methyl/N-ethyl adjacent to an activating group) is 1. The number of benzene rings is 2. The van der Waals surface area contributed by atoms with Gasteiger partial charge in [-0.1, -0.05) is 42.0 Å². The zero-order chi connectivity index (χ0) is 21.8. The third-order valence-corrected chi connectivity index (χ3v) is 4.94. The Bertz CT molecular complexity index is 1140. The molecule has 0 atom stereocenters. The topological polar surface area (TPSA) is 82.3 Å². The molecule has 2 amide bonds. The monoisotopic (exact) mass is 403 g/mol. The quantitative estimate of drug-likeness (QED) is 0.682. The molecule has 0 spiro atoms. The molecule has 1 heterocycles. The van der Waals surface area contributed by atoms with Gasteiger partial charge in [0, 0.05) is 18.4 Å². The van der Waals surface area contributed by atoms with Crippen LogP contribution in [0.5, 0.6) is 0 Å². The van der Waals surface area contributed by atoms with Gasteiger partial charge in [-0.2, -0.15) is 0 Å². The number of nitrogens with zero attached hydrogens (tertiary/aromatic N) is 1. The number of H-pyrrole nitrogens is 1. The molecule has 0 aliphatic carbocycles. The minimum absolute atomic E-state index is 0.00576. The van der Waals surface area contributed by atoms with E-state index in [1.54, 1.807) is 6.07 Å². The van der Waals surface area contributed by atoms with E-state index in [9.17, 15) is 14.4 Å². The molecule has 6 nitrogen and oxygen atoms in total. The Balaban J connectivity index is 1.73. The molecule has 0 bridgehead atoms. The van der Waals surface area contributed by atoms with Gasteiger partial charge in [0.1, 0.15) is 5.56 Å². The minimum atomic E-state index is -0.510. The van der Waals surface area contributed by atoms with Crippen molar-refractivity contribution in [1.82, 2.24) is 9.88 Å². The number of para-hydroxylation sites is 1. The van der Waals surface area contributed by atoms with Crippen LogP contribution in [0.2, 0.25) is 0 Å². The zero-order valence-corrected chi connectivity index (χ0v) is 17.6. The van der Waals surface area contributed by atoms with E-state index in [2.05, 4.69) is 10.3 Å². The van der Waals surface area contributed by atoms with Gasteiger partial charge in [-0.25, -0.2) is 0 Å². The number of carbonyl (C=O) groups is 2. The second kappa shape index (κ2) is 8.78. The molecule has 30 heavy (non-hydrogen) atoms. The molecular weight excluding hydrogens is 378 g/mol. The summed E-state index contributed by atoms with van der Waals surface area (Å²) in [6.07, 6.45) is 0. The molecule has 1 aromatic heterocycles. The van der Waals surface area contributed by atoms with Crippen LogP contribution in [-0.4, -0.2) is 35.3 Å². The van der Waals surface area contributed by atoms with Gasteiger partial charge >= 0.3 is 0 Å². The summed E-state index contributed by atoms with van der Waals surface area (Å²) >= 11 is 0. The molecule has 3 rings (SSSR count). The van der Waals surface area contributed by atoms with Crippen molar-refractivity contribution in [3.63, 3.8) is 0 Å². The van der Waals surface area contributed by atoms with Crippen LogP contribution in [0.15, 0.2) is 59.4 Å². The molecule has 0 unspecified atom stereocenters. The molecule has 0 aliphatic rings. The van der Waals surface area contributed by atoms with Gasteiger partial charge in [-0.3, -0.25) is 14.4 Å². The number of pyridine rings is 1. The number of hydrogen-bond acceptors (Lipinski definition) is 3. The van der Waals surface area contributed by atoms with Crippen molar-refractivity contribution in [1.29, 1.82) is 0 Å². The largest absolute Gasteiger partial charge is 0.332 e. The minimum Gasteiger partial charge on any atom is -0.332 e. The average molecular weight is 403 g/mol. The van der Waals surface area contributed by atoms with Crippen LogP contribution in [0.25, 0.3) is 11.3 Å². The summed E-state index contributed by atoms with van der Waals surface area (Å²) in [7, 11) is 1.50. The van der Waals surface area contributed by atoms with Crippen molar-refractivity contribution >= 4 is 17.5 Å². The lowest BCUT2D eigenvalue weighted by Crippen LogP contribution is -2.37. The van der Waals surface area contributed by atoms with Crippen LogP contribution < -0.4 is 10.9 Å². The Morgan fingerprint density at radius 1 is 0.967 bits per heavy atom. The lowest BCUT2D eigenvalue weighted by Gasteiger charge is -2.18. The molecule has 2 aromatic carbocycles. The summed E-state index contributed by atoms with van der Waals surface area (Å²) in [4.78, 5) is 41.6. The summed E-state index contributed by atoms with van der Waals surface area (Å²) in [5, 5.41) is 2.85. The first-order valence-electron chi connectivity index (χ1n) is 9.68. The van der Waals surface area contributed by atoms with Crippen molar-refractivity contribution in [2.75, 3.05) is 18.9 Å². The molecular formula is C24H25N3O3. The first-order valence-corrected chi connectivity index (χ1v) is 9.68. The predicted molar refractivity (Wildman–Crippen MR) is 119 cm³/mol. The van der Waals surface area contributed by atoms with E-state index in [4.69, 9.17) is 0 Å². The maximum Gasteiger partial charge on any atom is 0.261 e. The number of hydrogen-bond donors (Lipinski definition) is 2. The average Bonchev–Trinajstić information content (AvgIpc) is 2.70. The van der Waals surface area contributed by atoms with Gasteiger partial charge in [-0.15, -0.1) is 0 Å². The van der Waals surface area contributed by atoms with Gasteiger partial charge in [0.2, 0.25) is 5.91 Å². The second-order valence-corrected chi connectivity index (χ2v) is 7.46. The Kier molecular flexibility index (Phi) is 6.16. The summed E-state index contributed by atoms with van der Waals surface area (Å²) in [5.74, 6) is -0.834. The van der Waals surface area contributed by atoms with Gasteiger partial charge in [0.15, 0.2) is 0 Å². The number of amides is 2. The maximum absolute atomic E-state index is 12.7. The van der Waals surface area contributed by atoms with Gasteiger partial charge in [0.05, 0.1) is 6.54 Å². The number of aromatic amines is 1. The van der Waals surface area contributed by atoms with E-state index >= 15 is 0 Å². The number of carbonyl (C=O) groups excluding carboxylic acids is 2. The standard InChI is InChI=1S/C24H25N3O3/c1-15-7-5-10-18(13-15)20-12-11-19(23(29)25-20)24(30)27(4)14-21(28)26-22-16(2)8-6-9-17(22)3/h5-13H,14H2,1-4H3,(H,25,29)(H,26,28). The van der Waals surface area contributed by atoms with E-state index in [0.717, 1.165) is 27.9 Å². The lowest BCUT2D eigenvalue weighted by atomic mass is 10.1. The number of rotatable bonds is 5. The van der Waals surface area contributed by atoms with Gasteiger partial charge in [-0.05, 0) is 55.7 Å². The van der Waals surface area contributed by atoms with E-state index < -0.39 is 11.5 Å². The van der Waals surface area contributed by atoms with E-state index in [1.807, 2.05) is 63.2 Å². The molecule has 6 heteroatoms. The number of anilines is 1. The van der Waals surface area contributed by atoms with E-state index in [-0.39, 0.29) is 18.0 Å². The van der Waals surface area contributed by atoms with E-state index in [0.29, 0.717) is 5.69 Å². The maximum atomic E-state index is 12.7. The fourth-order valence-corrected chi connectivity index (χ4v) is 3.31. The van der Waals surface area contributed by atoms with Crippen LogP contribution in [-0.2, 0) is 4.79 Å². The number of aryl methyl sites for hydroxylation is 3. The summed E-state index contributed by atoms with van der Waals surface area (Å²) in [5.41, 5.74) is 4.71. The van der Waals surface area contributed by atoms with Crippen LogP contribution in [0.3, 0.4) is 0 Å². The molecule has 0 saturated heterocycles. The van der Waals surface area contributed by atoms with Crippen LogP contribution in [0.4, 0.5) is 5.69 Å². The Morgan fingerprint density at radius 2 is 1.63 bits per heavy atom. The molecule has 0 fully saturated rings. The molecule has 0 aliphatic heterocycles. The van der Waals surface area contributed by atoms with E-state index in [1.165, 1.54) is 18.0 Å². The van der Waals surface area contributed by atoms with Crippen molar-refractivity contribution < 1.29 is 9.59 Å². The SMILES string of the molecule is Cc1cccc(-c2ccc(C(=O)N(C)CC(=O)Nc3c(C)cccc3C)c(=O)[nH]2)c1. The highest BCUT2D eigenvalue weighted by molar-refractivity contribution is 5.99. The molecule has 2 N–H and O–H groups in total. The molecule has 3 aromatic rings. The van der Waals surface area contributed by atoms with Crippen molar-refractivity contribution in [3.8, 4) is 11.3 Å². The predicted octanol–water partition coefficient (Wildman–Crippen LogP) is 3.68. The van der Waals surface area contributed by atoms with Crippen molar-refractivity contribution in [3.05, 3.63) is 87.2 Å². The fraction of sp³-hybridized carbons (Fsp3) is 0.208. The highest BCUT2D eigenvalue weighted by atomic mass is 16.2. The Morgan fingerprint density at radius 3 is 2.27 bits per heavy atom. The zero-order valence-electron chi connectivity index (χ0n) is 17.6. The summed E-state index contributed by atoms with van der Waals surface area (Å²) in [6, 6.07) is 16.7. The summed E-state index contributed by atoms with van der Waals surface area (Å²) in [6.45, 7) is 5.63. The summed E-state index contributed by atoms with van der Waals surface area (Å²) < 4.78 is 0. The van der Waals surface area contributed by atoms with Crippen LogP contribution >= 0.6 is 0 Å². The molecule has 0 saturated carbocycles.